The molecule has 0 aliphatic carbocycles. The lowest BCUT2D eigenvalue weighted by Crippen LogP contribution is -2.29. The number of benzene rings is 1. The van der Waals surface area contributed by atoms with E-state index < -0.39 is 10.0 Å². The molecular formula is C15H18ClNO3S2. The first kappa shape index (κ1) is 17.4. The van der Waals surface area contributed by atoms with E-state index in [0.717, 1.165) is 16.9 Å². The van der Waals surface area contributed by atoms with Gasteiger partial charge >= 0.3 is 0 Å². The average molecular weight is 360 g/mol. The number of nitrogens with one attached hydrogen (secondary N) is 1. The molecule has 0 saturated heterocycles. The predicted octanol–water partition coefficient (Wildman–Crippen LogP) is 3.63. The minimum atomic E-state index is -3.55. The second-order valence-electron chi connectivity index (χ2n) is 4.72. The molecule has 4 nitrogen and oxygen atoms in total. The number of rotatable bonds is 7. The van der Waals surface area contributed by atoms with Crippen LogP contribution in [0, 0.1) is 0 Å². The fourth-order valence-corrected chi connectivity index (χ4v) is 4.14. The maximum absolute atomic E-state index is 12.3. The van der Waals surface area contributed by atoms with Gasteiger partial charge in [-0.15, -0.1) is 11.3 Å². The van der Waals surface area contributed by atoms with Crippen molar-refractivity contribution in [2.24, 2.45) is 0 Å². The lowest BCUT2D eigenvalue weighted by Gasteiger charge is -2.15. The van der Waals surface area contributed by atoms with Gasteiger partial charge in [-0.2, -0.15) is 0 Å². The Morgan fingerprint density at radius 3 is 2.41 bits per heavy atom. The molecule has 0 fully saturated rings. The highest BCUT2D eigenvalue weighted by molar-refractivity contribution is 7.89. The number of halogens is 1. The summed E-state index contributed by atoms with van der Waals surface area (Å²) in [6, 6.07) is 10.5. The summed E-state index contributed by atoms with van der Waals surface area (Å²) in [6.45, 7) is 2.18. The van der Waals surface area contributed by atoms with Gasteiger partial charge in [-0.05, 0) is 36.2 Å². The van der Waals surface area contributed by atoms with E-state index in [1.807, 2.05) is 25.1 Å². The molecular weight excluding hydrogens is 342 g/mol. The number of sulfonamides is 1. The van der Waals surface area contributed by atoms with Crippen molar-refractivity contribution in [3.05, 3.63) is 51.2 Å². The minimum Gasteiger partial charge on any atom is -0.375 e. The van der Waals surface area contributed by atoms with Crippen LogP contribution in [0.1, 0.15) is 23.5 Å². The molecule has 2 aromatic rings. The van der Waals surface area contributed by atoms with Crippen molar-refractivity contribution < 1.29 is 13.2 Å². The van der Waals surface area contributed by atoms with Crippen LogP contribution in [0.2, 0.25) is 4.34 Å². The molecule has 0 aliphatic rings. The molecule has 0 aliphatic heterocycles. The van der Waals surface area contributed by atoms with Gasteiger partial charge < -0.3 is 4.74 Å². The summed E-state index contributed by atoms with van der Waals surface area (Å²) in [4.78, 5) is 1.14. The molecule has 7 heteroatoms. The van der Waals surface area contributed by atoms with Crippen molar-refractivity contribution >= 4 is 33.0 Å². The van der Waals surface area contributed by atoms with Gasteiger partial charge in [-0.25, -0.2) is 13.1 Å². The van der Waals surface area contributed by atoms with E-state index in [1.165, 1.54) is 11.3 Å². The largest absolute Gasteiger partial charge is 0.375 e. The molecule has 1 heterocycles. The van der Waals surface area contributed by atoms with E-state index in [1.54, 1.807) is 25.3 Å². The molecule has 0 amide bonds. The van der Waals surface area contributed by atoms with Crippen LogP contribution in [0.3, 0.4) is 0 Å². The van der Waals surface area contributed by atoms with Gasteiger partial charge in [0, 0.05) is 18.5 Å². The van der Waals surface area contributed by atoms with Crippen molar-refractivity contribution in [1.29, 1.82) is 0 Å². The van der Waals surface area contributed by atoms with E-state index in [2.05, 4.69) is 4.72 Å². The van der Waals surface area contributed by atoms with Crippen LogP contribution in [-0.4, -0.2) is 22.1 Å². The normalized spacial score (nSPS) is 13.2. The number of thiophene rings is 1. The third kappa shape index (κ3) is 4.30. The predicted molar refractivity (Wildman–Crippen MR) is 90.1 cm³/mol. The quantitative estimate of drug-likeness (QED) is 0.821. The van der Waals surface area contributed by atoms with Crippen molar-refractivity contribution in [2.45, 2.75) is 24.3 Å². The lowest BCUT2D eigenvalue weighted by molar-refractivity contribution is 0.110. The summed E-state index contributed by atoms with van der Waals surface area (Å²) < 4.78 is 33.2. The second kappa shape index (κ2) is 7.57. The second-order valence-corrected chi connectivity index (χ2v) is 8.23. The van der Waals surface area contributed by atoms with E-state index in [0.29, 0.717) is 4.34 Å². The van der Waals surface area contributed by atoms with Crippen molar-refractivity contribution in [1.82, 2.24) is 4.72 Å². The number of hydrogen-bond acceptors (Lipinski definition) is 4. The van der Waals surface area contributed by atoms with E-state index in [-0.39, 0.29) is 17.5 Å². The molecule has 2 rings (SSSR count). The molecule has 1 N–H and O–H groups in total. The Kier molecular flexibility index (Phi) is 6.00. The average Bonchev–Trinajstić information content (AvgIpc) is 2.94. The first-order valence-electron chi connectivity index (χ1n) is 6.83. The summed E-state index contributed by atoms with van der Waals surface area (Å²) in [7, 11) is -2.01. The zero-order chi connectivity index (χ0) is 16.2. The van der Waals surface area contributed by atoms with Gasteiger partial charge in [-0.3, -0.25) is 0 Å². The minimum absolute atomic E-state index is 0.158. The van der Waals surface area contributed by atoms with Gasteiger partial charge in [0.05, 0.1) is 9.23 Å². The first-order valence-corrected chi connectivity index (χ1v) is 9.50. The maximum Gasteiger partial charge on any atom is 0.240 e. The van der Waals surface area contributed by atoms with Crippen molar-refractivity contribution in [3.63, 3.8) is 0 Å². The SMILES string of the molecule is CCc1ccc(S(=O)(=O)NCC(OC)c2ccc(Cl)s2)cc1. The summed E-state index contributed by atoms with van der Waals surface area (Å²) in [6.07, 6.45) is 0.515. The molecule has 1 unspecified atom stereocenters. The lowest BCUT2D eigenvalue weighted by atomic mass is 10.2. The van der Waals surface area contributed by atoms with Crippen LogP contribution >= 0.6 is 22.9 Å². The summed E-state index contributed by atoms with van der Waals surface area (Å²) in [5, 5.41) is 0. The fourth-order valence-electron chi connectivity index (χ4n) is 1.97. The van der Waals surface area contributed by atoms with Gasteiger partial charge in [-0.1, -0.05) is 30.7 Å². The Hall–Kier alpha value is -0.920. The topological polar surface area (TPSA) is 55.4 Å². The highest BCUT2D eigenvalue weighted by Gasteiger charge is 2.19. The molecule has 22 heavy (non-hydrogen) atoms. The van der Waals surface area contributed by atoms with Crippen molar-refractivity contribution in [2.75, 3.05) is 13.7 Å². The smallest absolute Gasteiger partial charge is 0.240 e. The third-order valence-electron chi connectivity index (χ3n) is 3.30. The Balaban J connectivity index is 2.07. The molecule has 0 saturated carbocycles. The van der Waals surface area contributed by atoms with Crippen LogP contribution < -0.4 is 4.72 Å². The van der Waals surface area contributed by atoms with Gasteiger partial charge in [0.1, 0.15) is 6.10 Å². The van der Waals surface area contributed by atoms with Crippen LogP contribution in [0.25, 0.3) is 0 Å². The van der Waals surface area contributed by atoms with Crippen molar-refractivity contribution in [3.8, 4) is 0 Å². The van der Waals surface area contributed by atoms with E-state index in [9.17, 15) is 8.42 Å². The molecule has 0 spiro atoms. The zero-order valence-corrected chi connectivity index (χ0v) is 14.8. The Labute approximate surface area is 140 Å². The molecule has 1 atom stereocenters. The standard InChI is InChI=1S/C15H18ClNO3S2/c1-3-11-4-6-12(7-5-11)22(18,19)17-10-13(20-2)14-8-9-15(16)21-14/h4-9,13,17H,3,10H2,1-2H3. The van der Waals surface area contributed by atoms with Gasteiger partial charge in [0.25, 0.3) is 0 Å². The van der Waals surface area contributed by atoms with Crippen LogP contribution in [0.4, 0.5) is 0 Å². The summed E-state index contributed by atoms with van der Waals surface area (Å²) in [5.41, 5.74) is 1.10. The molecule has 120 valence electrons. The van der Waals surface area contributed by atoms with E-state index in [4.69, 9.17) is 16.3 Å². The van der Waals surface area contributed by atoms with Crippen LogP contribution in [-0.2, 0) is 21.2 Å². The first-order chi connectivity index (χ1) is 10.5. The van der Waals surface area contributed by atoms with Gasteiger partial charge in [0.2, 0.25) is 10.0 Å². The number of aryl methyl sites for hydroxylation is 1. The molecule has 0 bridgehead atoms. The Bertz CT molecular complexity index is 711. The number of methoxy groups -OCH3 is 1. The monoisotopic (exact) mass is 359 g/mol. The number of hydrogen-bond donors (Lipinski definition) is 1. The highest BCUT2D eigenvalue weighted by atomic mass is 35.5. The Morgan fingerprint density at radius 1 is 1.23 bits per heavy atom. The third-order valence-corrected chi connectivity index (χ3v) is 6.06. The van der Waals surface area contributed by atoms with Gasteiger partial charge in [0.15, 0.2) is 0 Å². The van der Waals surface area contributed by atoms with Crippen LogP contribution in [0.15, 0.2) is 41.3 Å². The fraction of sp³-hybridized carbons (Fsp3) is 0.333. The summed E-state index contributed by atoms with van der Waals surface area (Å²) >= 11 is 7.28. The molecule has 1 aromatic heterocycles. The maximum atomic E-state index is 12.3. The summed E-state index contributed by atoms with van der Waals surface area (Å²) in [5.74, 6) is 0. The highest BCUT2D eigenvalue weighted by Crippen LogP contribution is 2.28. The van der Waals surface area contributed by atoms with Crippen LogP contribution in [0.5, 0.6) is 0 Å². The number of ether oxygens (including phenoxy) is 1. The molecule has 0 radical (unpaired) electrons. The Morgan fingerprint density at radius 2 is 1.91 bits per heavy atom. The molecule has 1 aromatic carbocycles. The zero-order valence-electron chi connectivity index (χ0n) is 12.4. The van der Waals surface area contributed by atoms with E-state index >= 15 is 0 Å².